The molecule has 2 N–H and O–H groups in total. The van der Waals surface area contributed by atoms with E-state index in [1.165, 1.54) is 11.8 Å². The van der Waals surface area contributed by atoms with E-state index in [2.05, 4.69) is 21.2 Å². The van der Waals surface area contributed by atoms with Crippen LogP contribution in [0.15, 0.2) is 10.5 Å². The second-order valence-corrected chi connectivity index (χ2v) is 6.35. The Labute approximate surface area is 119 Å². The minimum absolute atomic E-state index is 0.0659. The molecule has 0 aliphatic carbocycles. The number of halogens is 1. The van der Waals surface area contributed by atoms with Gasteiger partial charge in [0, 0.05) is 40.0 Å². The SMILES string of the molecule is CC(=O)NC(CCC(=O)O)Cc1cc(Br)c(C)s1. The van der Waals surface area contributed by atoms with Crippen LogP contribution >= 0.6 is 27.3 Å². The molecular formula is C12H16BrNO3S. The molecule has 1 atom stereocenters. The number of amides is 1. The van der Waals surface area contributed by atoms with Gasteiger partial charge >= 0.3 is 5.97 Å². The molecule has 1 rings (SSSR count). The highest BCUT2D eigenvalue weighted by atomic mass is 79.9. The van der Waals surface area contributed by atoms with Crippen LogP contribution in [0.4, 0.5) is 0 Å². The largest absolute Gasteiger partial charge is 0.481 e. The van der Waals surface area contributed by atoms with Crippen LogP contribution < -0.4 is 5.32 Å². The number of nitrogens with one attached hydrogen (secondary N) is 1. The molecule has 0 aliphatic heterocycles. The molecule has 6 heteroatoms. The summed E-state index contributed by atoms with van der Waals surface area (Å²) in [5, 5.41) is 11.5. The minimum Gasteiger partial charge on any atom is -0.481 e. The third-order valence-electron chi connectivity index (χ3n) is 2.47. The molecule has 0 saturated heterocycles. The number of hydrogen-bond donors (Lipinski definition) is 2. The molecule has 100 valence electrons. The van der Waals surface area contributed by atoms with Crippen molar-refractivity contribution in [3.05, 3.63) is 20.3 Å². The Morgan fingerprint density at radius 2 is 2.22 bits per heavy atom. The lowest BCUT2D eigenvalue weighted by atomic mass is 10.1. The summed E-state index contributed by atoms with van der Waals surface area (Å²) in [6.45, 7) is 3.46. The van der Waals surface area contributed by atoms with Gasteiger partial charge in [0.05, 0.1) is 0 Å². The maximum absolute atomic E-state index is 11.1. The van der Waals surface area contributed by atoms with Crippen molar-refractivity contribution in [1.29, 1.82) is 0 Å². The van der Waals surface area contributed by atoms with Gasteiger partial charge in [-0.2, -0.15) is 0 Å². The minimum atomic E-state index is -0.839. The molecule has 4 nitrogen and oxygen atoms in total. The third-order valence-corrected chi connectivity index (χ3v) is 4.63. The summed E-state index contributed by atoms with van der Waals surface area (Å²) in [6, 6.07) is 1.90. The fourth-order valence-corrected chi connectivity index (χ4v) is 3.35. The molecule has 18 heavy (non-hydrogen) atoms. The van der Waals surface area contributed by atoms with E-state index in [0.29, 0.717) is 12.8 Å². The summed E-state index contributed by atoms with van der Waals surface area (Å²) in [4.78, 5) is 24.0. The van der Waals surface area contributed by atoms with E-state index in [4.69, 9.17) is 5.11 Å². The second-order valence-electron chi connectivity index (χ2n) is 4.15. The van der Waals surface area contributed by atoms with Gasteiger partial charge in [-0.05, 0) is 35.3 Å². The Balaban J connectivity index is 2.64. The highest BCUT2D eigenvalue weighted by Gasteiger charge is 2.14. The van der Waals surface area contributed by atoms with Crippen molar-refractivity contribution < 1.29 is 14.7 Å². The van der Waals surface area contributed by atoms with Crippen LogP contribution in [0.1, 0.15) is 29.5 Å². The first kappa shape index (κ1) is 15.2. The average Bonchev–Trinajstić information content (AvgIpc) is 2.54. The molecule has 1 aromatic heterocycles. The first-order valence-corrected chi connectivity index (χ1v) is 7.23. The number of aliphatic carboxylic acids is 1. The predicted octanol–water partition coefficient (Wildman–Crippen LogP) is 2.73. The van der Waals surface area contributed by atoms with Crippen LogP contribution in [-0.2, 0) is 16.0 Å². The van der Waals surface area contributed by atoms with E-state index in [9.17, 15) is 9.59 Å². The van der Waals surface area contributed by atoms with Gasteiger partial charge in [-0.15, -0.1) is 11.3 Å². The van der Waals surface area contributed by atoms with Crippen molar-refractivity contribution >= 4 is 39.1 Å². The third kappa shape index (κ3) is 5.18. The lowest BCUT2D eigenvalue weighted by Gasteiger charge is -2.15. The van der Waals surface area contributed by atoms with E-state index in [1.54, 1.807) is 11.3 Å². The molecule has 1 amide bonds. The smallest absolute Gasteiger partial charge is 0.303 e. The summed E-state index contributed by atoms with van der Waals surface area (Å²) in [7, 11) is 0. The zero-order valence-corrected chi connectivity index (χ0v) is 12.7. The summed E-state index contributed by atoms with van der Waals surface area (Å²) in [6.07, 6.45) is 1.18. The van der Waals surface area contributed by atoms with Crippen LogP contribution in [0.2, 0.25) is 0 Å². The summed E-state index contributed by atoms with van der Waals surface area (Å²) in [5.41, 5.74) is 0. The topological polar surface area (TPSA) is 66.4 Å². The van der Waals surface area contributed by atoms with Crippen LogP contribution in [-0.4, -0.2) is 23.0 Å². The Kier molecular flexibility index (Phi) is 5.81. The van der Waals surface area contributed by atoms with Crippen LogP contribution in [0.5, 0.6) is 0 Å². The van der Waals surface area contributed by atoms with Gasteiger partial charge in [-0.1, -0.05) is 0 Å². The Bertz CT molecular complexity index is 425. The number of carbonyl (C=O) groups excluding carboxylic acids is 1. The molecule has 0 aliphatic rings. The Morgan fingerprint density at radius 1 is 1.56 bits per heavy atom. The van der Waals surface area contributed by atoms with E-state index >= 15 is 0 Å². The van der Waals surface area contributed by atoms with Crippen molar-refractivity contribution in [3.63, 3.8) is 0 Å². The quantitative estimate of drug-likeness (QED) is 0.841. The number of hydrogen-bond acceptors (Lipinski definition) is 3. The Hall–Kier alpha value is -0.880. The van der Waals surface area contributed by atoms with Crippen LogP contribution in [0.25, 0.3) is 0 Å². The molecule has 1 unspecified atom stereocenters. The number of carboxylic acid groups (broad SMARTS) is 1. The fraction of sp³-hybridized carbons (Fsp3) is 0.500. The molecular weight excluding hydrogens is 318 g/mol. The molecule has 0 spiro atoms. The molecule has 0 saturated carbocycles. The van der Waals surface area contributed by atoms with Gasteiger partial charge in [0.15, 0.2) is 0 Å². The molecule has 0 bridgehead atoms. The second kappa shape index (κ2) is 6.89. The number of carbonyl (C=O) groups is 2. The van der Waals surface area contributed by atoms with Crippen LogP contribution in [0.3, 0.4) is 0 Å². The number of thiophene rings is 1. The molecule has 1 aromatic rings. The van der Waals surface area contributed by atoms with Crippen LogP contribution in [0, 0.1) is 6.92 Å². The highest BCUT2D eigenvalue weighted by molar-refractivity contribution is 9.10. The van der Waals surface area contributed by atoms with Crippen molar-refractivity contribution in [2.45, 2.75) is 39.2 Å². The lowest BCUT2D eigenvalue weighted by molar-refractivity contribution is -0.137. The van der Waals surface area contributed by atoms with Gasteiger partial charge < -0.3 is 10.4 Å². The van der Waals surface area contributed by atoms with Crippen molar-refractivity contribution in [2.24, 2.45) is 0 Å². The monoisotopic (exact) mass is 333 g/mol. The first-order valence-electron chi connectivity index (χ1n) is 5.62. The zero-order valence-electron chi connectivity index (χ0n) is 10.3. The zero-order chi connectivity index (χ0) is 13.7. The number of carboxylic acids is 1. The molecule has 0 radical (unpaired) electrons. The van der Waals surface area contributed by atoms with E-state index in [1.807, 2.05) is 13.0 Å². The molecule has 0 aromatic carbocycles. The maximum Gasteiger partial charge on any atom is 0.303 e. The van der Waals surface area contributed by atoms with Crippen molar-refractivity contribution in [3.8, 4) is 0 Å². The maximum atomic E-state index is 11.1. The Morgan fingerprint density at radius 3 is 2.67 bits per heavy atom. The van der Waals surface area contributed by atoms with Gasteiger partial charge in [-0.25, -0.2) is 0 Å². The number of rotatable bonds is 6. The molecule has 0 fully saturated rings. The number of aryl methyl sites for hydroxylation is 1. The van der Waals surface area contributed by atoms with E-state index in [0.717, 1.165) is 9.35 Å². The van der Waals surface area contributed by atoms with Crippen molar-refractivity contribution in [2.75, 3.05) is 0 Å². The van der Waals surface area contributed by atoms with E-state index < -0.39 is 5.97 Å². The van der Waals surface area contributed by atoms with Gasteiger partial charge in [0.2, 0.25) is 5.91 Å². The molecule has 1 heterocycles. The van der Waals surface area contributed by atoms with Gasteiger partial charge in [0.25, 0.3) is 0 Å². The normalized spacial score (nSPS) is 12.2. The fourth-order valence-electron chi connectivity index (χ4n) is 1.67. The standard InChI is InChI=1S/C12H16BrNO3S/c1-7-11(13)6-10(18-7)5-9(14-8(2)15)3-4-12(16)17/h6,9H,3-5H2,1-2H3,(H,14,15)(H,16,17). The lowest BCUT2D eigenvalue weighted by Crippen LogP contribution is -2.35. The van der Waals surface area contributed by atoms with Gasteiger partial charge in [0.1, 0.15) is 0 Å². The first-order chi connectivity index (χ1) is 8.38. The average molecular weight is 334 g/mol. The van der Waals surface area contributed by atoms with E-state index in [-0.39, 0.29) is 18.4 Å². The summed E-state index contributed by atoms with van der Waals surface area (Å²) >= 11 is 5.11. The van der Waals surface area contributed by atoms with Gasteiger partial charge in [-0.3, -0.25) is 9.59 Å². The summed E-state index contributed by atoms with van der Waals surface area (Å²) in [5.74, 6) is -0.966. The predicted molar refractivity (Wildman–Crippen MR) is 74.9 cm³/mol. The van der Waals surface area contributed by atoms with Crippen molar-refractivity contribution in [1.82, 2.24) is 5.32 Å². The highest BCUT2D eigenvalue weighted by Crippen LogP contribution is 2.27. The summed E-state index contributed by atoms with van der Waals surface area (Å²) < 4.78 is 1.06.